The van der Waals surface area contributed by atoms with Gasteiger partial charge in [-0.2, -0.15) is 0 Å². The lowest BCUT2D eigenvalue weighted by molar-refractivity contribution is -0.130. The molecule has 1 aliphatic rings. The summed E-state index contributed by atoms with van der Waals surface area (Å²) in [6.07, 6.45) is 5.63. The molecule has 7 nitrogen and oxygen atoms in total. The second-order valence-electron chi connectivity index (χ2n) is 6.74. The van der Waals surface area contributed by atoms with Crippen molar-refractivity contribution in [2.75, 3.05) is 31.1 Å². The molecule has 1 aromatic carbocycles. The number of benzene rings is 1. The molecule has 0 radical (unpaired) electrons. The van der Waals surface area contributed by atoms with Gasteiger partial charge in [-0.05, 0) is 18.6 Å². The van der Waals surface area contributed by atoms with Crippen LogP contribution >= 0.6 is 11.6 Å². The number of aryl methyl sites for hydroxylation is 1. The maximum Gasteiger partial charge on any atom is 0.227 e. The first-order valence-corrected chi connectivity index (χ1v) is 9.58. The predicted molar refractivity (Wildman–Crippen MR) is 108 cm³/mol. The number of nitrogens with zero attached hydrogens (tertiary/aromatic N) is 6. The summed E-state index contributed by atoms with van der Waals surface area (Å²) < 4.78 is 1.86. The normalized spacial score (nSPS) is 14.4. The van der Waals surface area contributed by atoms with Crippen molar-refractivity contribution in [3.63, 3.8) is 0 Å². The molecule has 0 spiro atoms. The Morgan fingerprint density at radius 3 is 2.57 bits per heavy atom. The highest BCUT2D eigenvalue weighted by atomic mass is 35.5. The minimum Gasteiger partial charge on any atom is -0.353 e. The minimum atomic E-state index is 0.103. The number of hydrogen-bond donors (Lipinski definition) is 0. The number of carbonyl (C=O) groups is 1. The number of rotatable bonds is 4. The van der Waals surface area contributed by atoms with Crippen molar-refractivity contribution in [1.82, 2.24) is 24.4 Å². The van der Waals surface area contributed by atoms with Crippen LogP contribution in [0.1, 0.15) is 11.4 Å². The minimum absolute atomic E-state index is 0.103. The molecule has 0 atom stereocenters. The van der Waals surface area contributed by atoms with Crippen molar-refractivity contribution >= 4 is 23.3 Å². The first-order valence-electron chi connectivity index (χ1n) is 9.20. The Hall–Kier alpha value is -2.93. The molecule has 1 amide bonds. The molecule has 0 saturated carbocycles. The topological polar surface area (TPSA) is 67.2 Å². The van der Waals surface area contributed by atoms with E-state index in [1.807, 2.05) is 52.9 Å². The van der Waals surface area contributed by atoms with E-state index >= 15 is 0 Å². The highest BCUT2D eigenvalue weighted by Crippen LogP contribution is 2.19. The lowest BCUT2D eigenvalue weighted by Gasteiger charge is -2.35. The summed E-state index contributed by atoms with van der Waals surface area (Å²) in [5, 5.41) is 0.637. The van der Waals surface area contributed by atoms with E-state index in [1.54, 1.807) is 12.5 Å². The maximum absolute atomic E-state index is 12.6. The van der Waals surface area contributed by atoms with Crippen LogP contribution in [-0.2, 0) is 11.2 Å². The van der Waals surface area contributed by atoms with Gasteiger partial charge in [0.2, 0.25) is 5.91 Å². The molecular weight excluding hydrogens is 376 g/mol. The van der Waals surface area contributed by atoms with Crippen molar-refractivity contribution in [3.8, 4) is 5.82 Å². The van der Waals surface area contributed by atoms with Gasteiger partial charge >= 0.3 is 0 Å². The van der Waals surface area contributed by atoms with E-state index in [4.69, 9.17) is 11.6 Å². The molecule has 1 saturated heterocycles. The third kappa shape index (κ3) is 3.99. The molecule has 2 aromatic heterocycles. The van der Waals surface area contributed by atoms with E-state index in [1.165, 1.54) is 0 Å². The Balaban J connectivity index is 1.42. The number of carbonyl (C=O) groups excluding carboxylic acids is 1. The Morgan fingerprint density at radius 1 is 1.11 bits per heavy atom. The molecule has 0 N–H and O–H groups in total. The van der Waals surface area contributed by atoms with Crippen molar-refractivity contribution < 1.29 is 4.79 Å². The first kappa shape index (κ1) is 18.4. The molecule has 1 aliphatic heterocycles. The van der Waals surface area contributed by atoms with Crippen molar-refractivity contribution in [2.24, 2.45) is 0 Å². The van der Waals surface area contributed by atoms with Gasteiger partial charge < -0.3 is 9.80 Å². The third-order valence-electron chi connectivity index (χ3n) is 4.84. The Kier molecular flexibility index (Phi) is 5.25. The van der Waals surface area contributed by atoms with E-state index in [9.17, 15) is 4.79 Å². The van der Waals surface area contributed by atoms with Crippen LogP contribution in [0.3, 0.4) is 0 Å². The highest BCUT2D eigenvalue weighted by Gasteiger charge is 2.23. The van der Waals surface area contributed by atoms with Crippen molar-refractivity contribution in [3.05, 3.63) is 65.5 Å². The summed E-state index contributed by atoms with van der Waals surface area (Å²) >= 11 is 6.18. The van der Waals surface area contributed by atoms with E-state index in [-0.39, 0.29) is 5.91 Å². The first-order chi connectivity index (χ1) is 13.6. The van der Waals surface area contributed by atoms with Gasteiger partial charge in [-0.25, -0.2) is 15.0 Å². The van der Waals surface area contributed by atoms with Gasteiger partial charge in [0.15, 0.2) is 0 Å². The molecule has 3 aromatic rings. The Morgan fingerprint density at radius 2 is 1.86 bits per heavy atom. The summed E-state index contributed by atoms with van der Waals surface area (Å²) in [4.78, 5) is 29.9. The lowest BCUT2D eigenvalue weighted by Crippen LogP contribution is -2.49. The molecule has 0 aliphatic carbocycles. The molecule has 0 bridgehead atoms. The molecule has 1 fully saturated rings. The third-order valence-corrected chi connectivity index (χ3v) is 5.20. The summed E-state index contributed by atoms with van der Waals surface area (Å²) in [7, 11) is 0. The molecule has 8 heteroatoms. The van der Waals surface area contributed by atoms with E-state index in [2.05, 4.69) is 19.9 Å². The van der Waals surface area contributed by atoms with Gasteiger partial charge in [0.05, 0.1) is 6.42 Å². The van der Waals surface area contributed by atoms with Crippen LogP contribution in [0.15, 0.2) is 49.1 Å². The number of amides is 1. The van der Waals surface area contributed by atoms with Crippen molar-refractivity contribution in [1.29, 1.82) is 0 Å². The zero-order valence-corrected chi connectivity index (χ0v) is 16.4. The predicted octanol–water partition coefficient (Wildman–Crippen LogP) is 2.52. The van der Waals surface area contributed by atoms with Crippen LogP contribution in [0.2, 0.25) is 5.02 Å². The van der Waals surface area contributed by atoms with E-state index in [0.29, 0.717) is 30.4 Å². The summed E-state index contributed by atoms with van der Waals surface area (Å²) in [5.74, 6) is 2.47. The second kappa shape index (κ2) is 7.98. The van der Waals surface area contributed by atoms with Gasteiger partial charge in [-0.1, -0.05) is 29.8 Å². The summed E-state index contributed by atoms with van der Waals surface area (Å²) in [5.41, 5.74) is 0.869. The monoisotopic (exact) mass is 396 g/mol. The zero-order valence-electron chi connectivity index (χ0n) is 15.6. The zero-order chi connectivity index (χ0) is 19.5. The van der Waals surface area contributed by atoms with E-state index in [0.717, 1.165) is 30.3 Å². The fraction of sp³-hybridized carbons (Fsp3) is 0.300. The highest BCUT2D eigenvalue weighted by molar-refractivity contribution is 6.31. The van der Waals surface area contributed by atoms with E-state index < -0.39 is 0 Å². The van der Waals surface area contributed by atoms with Gasteiger partial charge in [0.25, 0.3) is 0 Å². The molecule has 4 rings (SSSR count). The summed E-state index contributed by atoms with van der Waals surface area (Å²) in [6.45, 7) is 4.66. The van der Waals surface area contributed by atoms with Gasteiger partial charge in [-0.3, -0.25) is 9.36 Å². The largest absolute Gasteiger partial charge is 0.353 e. The van der Waals surface area contributed by atoms with Gasteiger partial charge in [0.1, 0.15) is 23.8 Å². The average Bonchev–Trinajstić information content (AvgIpc) is 3.24. The molecule has 3 heterocycles. The molecular formula is C20H21ClN6O. The maximum atomic E-state index is 12.6. The van der Waals surface area contributed by atoms with Crippen LogP contribution in [0.4, 0.5) is 5.82 Å². The Labute approximate surface area is 168 Å². The van der Waals surface area contributed by atoms with Crippen LogP contribution in [-0.4, -0.2) is 56.5 Å². The molecule has 0 unspecified atom stereocenters. The van der Waals surface area contributed by atoms with Crippen molar-refractivity contribution in [2.45, 2.75) is 13.3 Å². The van der Waals surface area contributed by atoms with Gasteiger partial charge in [0, 0.05) is 49.7 Å². The standard InChI is InChI=1S/C20H21ClN6O/c1-15-23-18(13-19(24-15)27-7-6-22-14-27)25-8-10-26(11-9-25)20(28)12-16-4-2-3-5-17(16)21/h2-7,13-14H,8-12H2,1H3. The van der Waals surface area contributed by atoms with Crippen LogP contribution in [0.25, 0.3) is 5.82 Å². The number of piperazine rings is 1. The SMILES string of the molecule is Cc1nc(N2CCN(C(=O)Cc3ccccc3Cl)CC2)cc(-n2ccnc2)n1. The molecule has 28 heavy (non-hydrogen) atoms. The Bertz CT molecular complexity index is 967. The number of imidazole rings is 1. The van der Waals surface area contributed by atoms with Crippen LogP contribution in [0, 0.1) is 6.92 Å². The number of anilines is 1. The number of hydrogen-bond acceptors (Lipinski definition) is 5. The van der Waals surface area contributed by atoms with Crippen LogP contribution in [0.5, 0.6) is 0 Å². The molecule has 144 valence electrons. The summed E-state index contributed by atoms with van der Waals surface area (Å²) in [6, 6.07) is 9.45. The smallest absolute Gasteiger partial charge is 0.227 e. The second-order valence-corrected chi connectivity index (χ2v) is 7.14. The average molecular weight is 397 g/mol. The van der Waals surface area contributed by atoms with Gasteiger partial charge in [-0.15, -0.1) is 0 Å². The quantitative estimate of drug-likeness (QED) is 0.677. The fourth-order valence-corrected chi connectivity index (χ4v) is 3.53. The number of halogens is 1. The fourth-order valence-electron chi connectivity index (χ4n) is 3.33. The lowest BCUT2D eigenvalue weighted by atomic mass is 10.1. The van der Waals surface area contributed by atoms with Crippen LogP contribution < -0.4 is 4.90 Å². The number of aromatic nitrogens is 4.